The predicted octanol–water partition coefficient (Wildman–Crippen LogP) is 6.51. The molecule has 2 aromatic carbocycles. The van der Waals surface area contributed by atoms with Crippen molar-refractivity contribution in [2.75, 3.05) is 49.3 Å². The van der Waals surface area contributed by atoms with E-state index in [2.05, 4.69) is 62.0 Å². The van der Waals surface area contributed by atoms with Crippen LogP contribution >= 0.6 is 23.5 Å². The van der Waals surface area contributed by atoms with Gasteiger partial charge in [0.25, 0.3) is 0 Å². The maximum Gasteiger partial charge on any atom is 0.223 e. The van der Waals surface area contributed by atoms with Crippen molar-refractivity contribution < 1.29 is 0 Å². The second-order valence-electron chi connectivity index (χ2n) is 8.80. The first kappa shape index (κ1) is 35.0. The molecule has 1 saturated carbocycles. The molecular weight excluding hydrogens is 561 g/mol. The van der Waals surface area contributed by atoms with Crippen LogP contribution < -0.4 is 22.1 Å². The van der Waals surface area contributed by atoms with Crippen LogP contribution in [0.2, 0.25) is 0 Å². The number of anilines is 2. The third kappa shape index (κ3) is 12.4. The van der Waals surface area contributed by atoms with Gasteiger partial charge < -0.3 is 22.1 Å². The normalized spacial score (nSPS) is 14.8. The summed E-state index contributed by atoms with van der Waals surface area (Å²) < 4.78 is 0. The van der Waals surface area contributed by atoms with Crippen LogP contribution in [-0.4, -0.2) is 58.6 Å². The zero-order valence-corrected chi connectivity index (χ0v) is 26.9. The lowest BCUT2D eigenvalue weighted by Gasteiger charge is -2.36. The van der Waals surface area contributed by atoms with Crippen LogP contribution in [0.5, 0.6) is 0 Å². The summed E-state index contributed by atoms with van der Waals surface area (Å²) in [5.74, 6) is 4.20. The van der Waals surface area contributed by atoms with Gasteiger partial charge in [0.15, 0.2) is 0 Å². The van der Waals surface area contributed by atoms with Gasteiger partial charge in [0, 0.05) is 50.8 Å². The molecule has 0 radical (unpaired) electrons. The molecule has 1 fully saturated rings. The number of hydrogen-bond acceptors (Lipinski definition) is 10. The van der Waals surface area contributed by atoms with Crippen LogP contribution in [0, 0.1) is 0 Å². The molecule has 226 valence electrons. The summed E-state index contributed by atoms with van der Waals surface area (Å²) in [5.41, 5.74) is 13.5. The summed E-state index contributed by atoms with van der Waals surface area (Å²) >= 11 is 3.33. The van der Waals surface area contributed by atoms with Gasteiger partial charge in [-0.15, -0.1) is 23.5 Å². The Labute approximate surface area is 260 Å². The first-order valence-corrected chi connectivity index (χ1v) is 16.4. The monoisotopic (exact) mass is 606 g/mol. The molecule has 1 aliphatic rings. The van der Waals surface area contributed by atoms with Gasteiger partial charge in [-0.2, -0.15) is 0 Å². The predicted molar refractivity (Wildman–Crippen MR) is 182 cm³/mol. The van der Waals surface area contributed by atoms with E-state index in [4.69, 9.17) is 16.5 Å². The van der Waals surface area contributed by atoms with E-state index in [1.165, 1.54) is 18.4 Å². The van der Waals surface area contributed by atoms with Crippen LogP contribution in [0.3, 0.4) is 0 Å². The van der Waals surface area contributed by atoms with E-state index in [1.807, 2.05) is 63.4 Å². The number of thioether (sulfide) groups is 2. The highest BCUT2D eigenvalue weighted by molar-refractivity contribution is 7.99. The molecule has 8 nitrogen and oxygen atoms in total. The highest BCUT2D eigenvalue weighted by Crippen LogP contribution is 2.48. The van der Waals surface area contributed by atoms with Crippen molar-refractivity contribution in [3.8, 4) is 0 Å². The summed E-state index contributed by atoms with van der Waals surface area (Å²) in [4.78, 5) is 17.4. The van der Waals surface area contributed by atoms with Gasteiger partial charge in [0.05, 0.1) is 5.69 Å². The average Bonchev–Trinajstić information content (AvgIpc) is 3.05. The quantitative estimate of drug-likeness (QED) is 0.117. The van der Waals surface area contributed by atoms with Gasteiger partial charge >= 0.3 is 0 Å². The van der Waals surface area contributed by atoms with Crippen molar-refractivity contribution in [3.05, 3.63) is 96.3 Å². The molecule has 0 amide bonds. The number of nitrogens with zero attached hydrogens (tertiary/aromatic N) is 4. The molecule has 0 spiro atoms. The molecule has 0 bridgehead atoms. The lowest BCUT2D eigenvalue weighted by molar-refractivity contribution is 0.339. The average molecular weight is 607 g/mol. The van der Waals surface area contributed by atoms with Gasteiger partial charge in [-0.05, 0) is 36.5 Å². The van der Waals surface area contributed by atoms with Crippen molar-refractivity contribution >= 4 is 35.4 Å². The molecule has 2 heterocycles. The van der Waals surface area contributed by atoms with E-state index in [0.717, 1.165) is 27.3 Å². The molecule has 0 aliphatic heterocycles. The molecule has 5 rings (SSSR count). The largest absolute Gasteiger partial charge is 0.357 e. The molecule has 1 aliphatic carbocycles. The summed E-state index contributed by atoms with van der Waals surface area (Å²) in [6, 6.07) is 26.8. The van der Waals surface area contributed by atoms with E-state index in [9.17, 15) is 0 Å². The molecule has 2 atom stereocenters. The fourth-order valence-corrected chi connectivity index (χ4v) is 5.34. The zero-order valence-electron chi connectivity index (χ0n) is 25.2. The number of nitrogens with one attached hydrogen (secondary N) is 2. The van der Waals surface area contributed by atoms with E-state index in [-0.39, 0.29) is 0 Å². The lowest BCUT2D eigenvalue weighted by atomic mass is 9.68. The molecule has 4 aromatic rings. The first-order valence-electron chi connectivity index (χ1n) is 14.5. The Morgan fingerprint density at radius 2 is 1.21 bits per heavy atom. The van der Waals surface area contributed by atoms with Gasteiger partial charge in [0.1, 0.15) is 10.1 Å². The maximum atomic E-state index is 5.60. The Balaban J connectivity index is 0.000000257. The van der Waals surface area contributed by atoms with Crippen molar-refractivity contribution in [1.29, 1.82) is 0 Å². The molecule has 0 unspecified atom stereocenters. The van der Waals surface area contributed by atoms with Crippen molar-refractivity contribution in [2.45, 2.75) is 48.6 Å². The molecule has 6 N–H and O–H groups in total. The van der Waals surface area contributed by atoms with Gasteiger partial charge in [-0.3, -0.25) is 0 Å². The van der Waals surface area contributed by atoms with Crippen LogP contribution in [0.4, 0.5) is 11.9 Å². The minimum Gasteiger partial charge on any atom is -0.357 e. The lowest BCUT2D eigenvalue weighted by Crippen LogP contribution is -2.23. The second kappa shape index (κ2) is 21.5. The summed E-state index contributed by atoms with van der Waals surface area (Å²) in [6.07, 6.45) is 4.16. The van der Waals surface area contributed by atoms with Crippen LogP contribution in [0.1, 0.15) is 49.8 Å². The van der Waals surface area contributed by atoms with Gasteiger partial charge in [-0.25, -0.2) is 19.9 Å². The van der Waals surface area contributed by atoms with E-state index in [1.54, 1.807) is 36.8 Å². The first-order chi connectivity index (χ1) is 20.7. The minimum atomic E-state index is 0.495. The van der Waals surface area contributed by atoms with E-state index < -0.39 is 0 Å². The Morgan fingerprint density at radius 1 is 0.690 bits per heavy atom. The second-order valence-corrected chi connectivity index (χ2v) is 11.0. The molecule has 2 aromatic heterocycles. The molecule has 10 heteroatoms. The third-order valence-corrected chi connectivity index (χ3v) is 7.99. The summed E-state index contributed by atoms with van der Waals surface area (Å²) in [5, 5.41) is 7.92. The smallest absolute Gasteiger partial charge is 0.223 e. The molecule has 42 heavy (non-hydrogen) atoms. The standard InChI is InChI=1S/C17H22N4S.C7H12N4S.C6H6.C2H6/c1-19-17-20-15(11-16(21-17)22-10-9-18)14-8-7-13(14)12-5-3-2-4-6-12;1-9-7-10-4-2-6(11-7)12-5-3-8;1-2-4-6-5-3-1;1-2/h2-6,11,13-14H,7-10,18H2,1H3,(H,19,20,21);2,4H,3,5,8H2,1H3,(H,9,10,11);1-6H;1-2H3/t13-,14-;;;/m0.../s1. The van der Waals surface area contributed by atoms with Crippen LogP contribution in [-0.2, 0) is 0 Å². The van der Waals surface area contributed by atoms with Crippen LogP contribution in [0.15, 0.2) is 95.1 Å². The fraction of sp³-hybridized carbons (Fsp3) is 0.375. The van der Waals surface area contributed by atoms with Gasteiger partial charge in [-0.1, -0.05) is 80.6 Å². The maximum absolute atomic E-state index is 5.60. The number of hydrogen-bond donors (Lipinski definition) is 4. The number of aromatic nitrogens is 4. The Bertz CT molecular complexity index is 1200. The highest BCUT2D eigenvalue weighted by Gasteiger charge is 2.34. The molecule has 0 saturated heterocycles. The number of rotatable bonds is 10. The van der Waals surface area contributed by atoms with E-state index in [0.29, 0.717) is 36.8 Å². The third-order valence-electron chi connectivity index (χ3n) is 6.08. The van der Waals surface area contributed by atoms with Crippen molar-refractivity contribution in [3.63, 3.8) is 0 Å². The fourth-order valence-electron chi connectivity index (χ4n) is 4.03. The minimum absolute atomic E-state index is 0.495. The number of benzene rings is 2. The molecular formula is C32H46N8S2. The topological polar surface area (TPSA) is 128 Å². The SMILES string of the molecule is CC.CNc1nc(SCCN)cc([C@H]2CC[C@H]2c2ccccc2)n1.CNc1nccc(SCCN)n1.c1ccccc1. The van der Waals surface area contributed by atoms with Crippen molar-refractivity contribution in [1.82, 2.24) is 19.9 Å². The Hall–Kier alpha value is -3.18. The van der Waals surface area contributed by atoms with Crippen LogP contribution in [0.25, 0.3) is 0 Å². The summed E-state index contributed by atoms with van der Waals surface area (Å²) in [7, 11) is 3.67. The highest BCUT2D eigenvalue weighted by atomic mass is 32.2. The summed E-state index contributed by atoms with van der Waals surface area (Å²) in [6.45, 7) is 5.33. The Kier molecular flexibility index (Phi) is 17.9. The van der Waals surface area contributed by atoms with Gasteiger partial charge in [0.2, 0.25) is 11.9 Å². The Morgan fingerprint density at radius 3 is 1.74 bits per heavy atom. The zero-order chi connectivity index (χ0) is 30.4. The number of nitrogens with two attached hydrogens (primary N) is 2. The van der Waals surface area contributed by atoms with Crippen molar-refractivity contribution in [2.24, 2.45) is 11.5 Å². The van der Waals surface area contributed by atoms with E-state index >= 15 is 0 Å².